The van der Waals surface area contributed by atoms with E-state index in [9.17, 15) is 4.79 Å². The highest BCUT2D eigenvalue weighted by atomic mass is 32.2. The molecule has 152 valence electrons. The Labute approximate surface area is 183 Å². The molecule has 0 N–H and O–H groups in total. The topological polar surface area (TPSA) is 63.9 Å². The van der Waals surface area contributed by atoms with Gasteiger partial charge in [-0.25, -0.2) is 4.98 Å². The van der Waals surface area contributed by atoms with Crippen LogP contribution in [0.3, 0.4) is 0 Å². The molecule has 0 spiro atoms. The first-order chi connectivity index (χ1) is 14.7. The predicted molar refractivity (Wildman–Crippen MR) is 120 cm³/mol. The number of nitrogens with zero attached hydrogens (tertiary/aromatic N) is 5. The molecule has 0 bridgehead atoms. The van der Waals surface area contributed by atoms with Crippen LogP contribution in [-0.2, 0) is 4.79 Å². The van der Waals surface area contributed by atoms with Crippen molar-refractivity contribution < 1.29 is 4.79 Å². The highest BCUT2D eigenvalue weighted by molar-refractivity contribution is 7.99. The van der Waals surface area contributed by atoms with Crippen LogP contribution < -0.4 is 0 Å². The zero-order valence-corrected chi connectivity index (χ0v) is 18.2. The summed E-state index contributed by atoms with van der Waals surface area (Å²) in [6.07, 6.45) is 3.67. The lowest BCUT2D eigenvalue weighted by Gasteiger charge is -2.22. The third kappa shape index (κ3) is 3.73. The predicted octanol–water partition coefficient (Wildman–Crippen LogP) is 4.64. The Bertz CT molecular complexity index is 1150. The van der Waals surface area contributed by atoms with E-state index in [-0.39, 0.29) is 11.9 Å². The van der Waals surface area contributed by atoms with Gasteiger partial charge in [0.15, 0.2) is 5.16 Å². The van der Waals surface area contributed by atoms with Crippen LogP contribution in [0.5, 0.6) is 0 Å². The summed E-state index contributed by atoms with van der Waals surface area (Å²) >= 11 is 3.13. The van der Waals surface area contributed by atoms with Crippen molar-refractivity contribution in [2.24, 2.45) is 0 Å². The molecule has 2 aromatic heterocycles. The molecule has 4 aromatic rings. The molecule has 6 nitrogen and oxygen atoms in total. The molecule has 3 heterocycles. The number of fused-ring (bicyclic) bond motifs is 1. The van der Waals surface area contributed by atoms with Crippen molar-refractivity contribution in [1.82, 2.24) is 24.6 Å². The van der Waals surface area contributed by atoms with Crippen molar-refractivity contribution in [2.45, 2.75) is 31.0 Å². The summed E-state index contributed by atoms with van der Waals surface area (Å²) in [5, 5.41) is 10.0. The number of hydrogen-bond donors (Lipinski definition) is 0. The number of aryl methyl sites for hydroxylation is 1. The first-order valence-corrected chi connectivity index (χ1v) is 11.7. The summed E-state index contributed by atoms with van der Waals surface area (Å²) in [5.41, 5.74) is 3.21. The van der Waals surface area contributed by atoms with Crippen LogP contribution in [-0.4, -0.2) is 42.9 Å². The van der Waals surface area contributed by atoms with Crippen molar-refractivity contribution in [1.29, 1.82) is 0 Å². The van der Waals surface area contributed by atoms with E-state index in [1.165, 1.54) is 22.0 Å². The highest BCUT2D eigenvalue weighted by Crippen LogP contribution is 2.37. The molecule has 1 unspecified atom stereocenters. The van der Waals surface area contributed by atoms with Gasteiger partial charge in [0.05, 0.1) is 22.0 Å². The van der Waals surface area contributed by atoms with Crippen molar-refractivity contribution in [2.75, 3.05) is 12.3 Å². The Kier molecular flexibility index (Phi) is 5.26. The lowest BCUT2D eigenvalue weighted by molar-refractivity contribution is -0.129. The van der Waals surface area contributed by atoms with Gasteiger partial charge in [-0.15, -0.1) is 21.5 Å². The van der Waals surface area contributed by atoms with Gasteiger partial charge in [0, 0.05) is 12.2 Å². The van der Waals surface area contributed by atoms with E-state index in [0.717, 1.165) is 40.8 Å². The van der Waals surface area contributed by atoms with Crippen LogP contribution >= 0.6 is 23.1 Å². The number of aromatic nitrogens is 4. The van der Waals surface area contributed by atoms with Crippen molar-refractivity contribution in [3.8, 4) is 5.69 Å². The zero-order valence-electron chi connectivity index (χ0n) is 16.6. The van der Waals surface area contributed by atoms with Crippen LogP contribution in [0.15, 0.2) is 60.0 Å². The van der Waals surface area contributed by atoms with E-state index in [1.54, 1.807) is 17.7 Å². The number of likely N-dealkylation sites (tertiary alicyclic amines) is 1. The van der Waals surface area contributed by atoms with Gasteiger partial charge in [-0.2, -0.15) is 0 Å². The largest absolute Gasteiger partial charge is 0.332 e. The highest BCUT2D eigenvalue weighted by Gasteiger charge is 2.32. The molecule has 5 rings (SSSR count). The molecule has 2 aromatic carbocycles. The second kappa shape index (κ2) is 8.20. The standard InChI is InChI=1S/C22H21N5OS2/c1-15-8-10-16(11-9-15)27-14-23-25-22(27)29-13-20(28)26-12-4-6-18(26)21-24-17-5-2-3-7-19(17)30-21/h2-3,5,7-11,14,18H,4,6,12-13H2,1H3. The van der Waals surface area contributed by atoms with Crippen LogP contribution in [0.1, 0.15) is 29.5 Å². The molecule has 1 fully saturated rings. The maximum atomic E-state index is 13.1. The first-order valence-electron chi connectivity index (χ1n) is 9.94. The Hall–Kier alpha value is -2.71. The minimum absolute atomic E-state index is 0.0745. The SMILES string of the molecule is Cc1ccc(-n2cnnc2SCC(=O)N2CCCC2c2nc3ccccc3s2)cc1. The van der Waals surface area contributed by atoms with Crippen LogP contribution in [0, 0.1) is 6.92 Å². The van der Waals surface area contributed by atoms with E-state index < -0.39 is 0 Å². The normalized spacial score (nSPS) is 16.4. The average molecular weight is 436 g/mol. The van der Waals surface area contributed by atoms with Crippen LogP contribution in [0.4, 0.5) is 0 Å². The molecule has 1 aliphatic rings. The van der Waals surface area contributed by atoms with E-state index >= 15 is 0 Å². The number of thioether (sulfide) groups is 1. The molecule has 8 heteroatoms. The molecule has 0 saturated carbocycles. The Morgan fingerprint density at radius 1 is 1.20 bits per heavy atom. The fourth-order valence-electron chi connectivity index (χ4n) is 3.77. The molecule has 0 aliphatic carbocycles. The van der Waals surface area contributed by atoms with Gasteiger partial charge in [0.1, 0.15) is 11.3 Å². The molecular formula is C22H21N5OS2. The molecular weight excluding hydrogens is 414 g/mol. The fraction of sp³-hybridized carbons (Fsp3) is 0.273. The van der Waals surface area contributed by atoms with E-state index in [4.69, 9.17) is 4.98 Å². The third-order valence-corrected chi connectivity index (χ3v) is 7.39. The van der Waals surface area contributed by atoms with Gasteiger partial charge in [-0.05, 0) is 44.0 Å². The van der Waals surface area contributed by atoms with Gasteiger partial charge in [0.25, 0.3) is 0 Å². The van der Waals surface area contributed by atoms with E-state index in [1.807, 2.05) is 39.8 Å². The second-order valence-electron chi connectivity index (χ2n) is 7.37. The van der Waals surface area contributed by atoms with Gasteiger partial charge in [-0.1, -0.05) is 41.6 Å². The van der Waals surface area contributed by atoms with E-state index in [0.29, 0.717) is 5.75 Å². The minimum atomic E-state index is 0.0745. The maximum absolute atomic E-state index is 13.1. The molecule has 1 atom stereocenters. The lowest BCUT2D eigenvalue weighted by atomic mass is 10.2. The number of hydrogen-bond acceptors (Lipinski definition) is 6. The Morgan fingerprint density at radius 2 is 2.03 bits per heavy atom. The molecule has 30 heavy (non-hydrogen) atoms. The van der Waals surface area contributed by atoms with Gasteiger partial charge >= 0.3 is 0 Å². The smallest absolute Gasteiger partial charge is 0.233 e. The second-order valence-corrected chi connectivity index (χ2v) is 9.38. The van der Waals surface area contributed by atoms with Crippen molar-refractivity contribution in [3.05, 3.63) is 65.4 Å². The molecule has 1 amide bonds. The number of benzene rings is 2. The van der Waals surface area contributed by atoms with Crippen LogP contribution in [0.25, 0.3) is 15.9 Å². The van der Waals surface area contributed by atoms with Crippen LogP contribution in [0.2, 0.25) is 0 Å². The number of rotatable bonds is 5. The Balaban J connectivity index is 1.30. The third-order valence-electron chi connectivity index (χ3n) is 5.32. The lowest BCUT2D eigenvalue weighted by Crippen LogP contribution is -2.32. The van der Waals surface area contributed by atoms with Gasteiger partial charge < -0.3 is 4.90 Å². The fourth-order valence-corrected chi connectivity index (χ4v) is 5.70. The molecule has 1 aliphatic heterocycles. The zero-order chi connectivity index (χ0) is 20.5. The first kappa shape index (κ1) is 19.3. The summed E-state index contributed by atoms with van der Waals surface area (Å²) in [6, 6.07) is 16.4. The van der Waals surface area contributed by atoms with Crippen molar-refractivity contribution >= 4 is 39.2 Å². The number of carbonyl (C=O) groups is 1. The number of thiazole rings is 1. The summed E-state index contributed by atoms with van der Waals surface area (Å²) in [6.45, 7) is 2.84. The maximum Gasteiger partial charge on any atom is 0.233 e. The molecule has 1 saturated heterocycles. The number of carbonyl (C=O) groups excluding carboxylic acids is 1. The summed E-state index contributed by atoms with van der Waals surface area (Å²) in [4.78, 5) is 19.8. The molecule has 0 radical (unpaired) electrons. The summed E-state index contributed by atoms with van der Waals surface area (Å²) < 4.78 is 3.10. The van der Waals surface area contributed by atoms with Gasteiger partial charge in [-0.3, -0.25) is 9.36 Å². The number of amides is 1. The van der Waals surface area contributed by atoms with Gasteiger partial charge in [0.2, 0.25) is 5.91 Å². The van der Waals surface area contributed by atoms with Crippen molar-refractivity contribution in [3.63, 3.8) is 0 Å². The average Bonchev–Trinajstić information content (AvgIpc) is 3.51. The summed E-state index contributed by atoms with van der Waals surface area (Å²) in [7, 11) is 0. The monoisotopic (exact) mass is 435 g/mol. The quantitative estimate of drug-likeness (QED) is 0.427. The van der Waals surface area contributed by atoms with E-state index in [2.05, 4.69) is 35.3 Å². The minimum Gasteiger partial charge on any atom is -0.332 e. The Morgan fingerprint density at radius 3 is 2.87 bits per heavy atom. The summed E-state index contributed by atoms with van der Waals surface area (Å²) in [5.74, 6) is 0.464. The number of para-hydroxylation sites is 1.